The molecule has 0 aromatic heterocycles. The van der Waals surface area contributed by atoms with Crippen molar-refractivity contribution in [1.82, 2.24) is 0 Å². The smallest absolute Gasteiger partial charge is 0.154 e. The van der Waals surface area contributed by atoms with Crippen molar-refractivity contribution in [1.29, 1.82) is 0 Å². The molecule has 0 fully saturated rings. The zero-order chi connectivity index (χ0) is 10.2. The lowest BCUT2D eigenvalue weighted by Crippen LogP contribution is -2.76. The first-order chi connectivity index (χ1) is 5.93. The van der Waals surface area contributed by atoms with Crippen LogP contribution in [0.5, 0.6) is 0 Å². The van der Waals surface area contributed by atoms with Gasteiger partial charge in [-0.1, -0.05) is 0 Å². The third-order valence-electron chi connectivity index (χ3n) is 2.42. The average molecular weight is 189 g/mol. The van der Waals surface area contributed by atoms with Crippen LogP contribution in [-0.4, -0.2) is 44.3 Å². The van der Waals surface area contributed by atoms with Gasteiger partial charge in [0.05, 0.1) is 6.10 Å². The van der Waals surface area contributed by atoms with Gasteiger partial charge in [-0.15, -0.1) is 7.05 Å². The van der Waals surface area contributed by atoms with Crippen LogP contribution >= 0.6 is 0 Å². The topological polar surface area (TPSA) is 97.5 Å². The van der Waals surface area contributed by atoms with E-state index < -0.39 is 23.9 Å². The SMILES string of the molecule is [CH2-][NH2+]C1=C[C@@](O)([C@H](C)O)[C@H](O)[C@H]1O. The normalized spacial score (nSPS) is 41.8. The van der Waals surface area contributed by atoms with Crippen molar-refractivity contribution in [2.75, 3.05) is 0 Å². The first-order valence-corrected chi connectivity index (χ1v) is 4.05. The van der Waals surface area contributed by atoms with E-state index in [4.69, 9.17) is 0 Å². The molecule has 0 heterocycles. The van der Waals surface area contributed by atoms with Crippen LogP contribution in [0.15, 0.2) is 11.8 Å². The first kappa shape index (κ1) is 10.6. The van der Waals surface area contributed by atoms with Crippen LogP contribution in [0, 0.1) is 7.05 Å². The summed E-state index contributed by atoms with van der Waals surface area (Å²) in [5.41, 5.74) is -1.45. The maximum atomic E-state index is 9.72. The standard InChI is InChI=1S/C8H15NO4/c1-4(10)8(13)3-5(9-2)6(11)7(8)12/h3-4,6-7,10-13H,2,9H2,1H3/t4-,6-,7+,8+/m0/s1. The number of nitrogens with two attached hydrogens (primary N) is 1. The second-order valence-electron chi connectivity index (χ2n) is 3.30. The van der Waals surface area contributed by atoms with E-state index in [2.05, 4.69) is 7.05 Å². The fourth-order valence-electron chi connectivity index (χ4n) is 1.42. The summed E-state index contributed by atoms with van der Waals surface area (Å²) in [5.74, 6) is 0. The second-order valence-corrected chi connectivity index (χ2v) is 3.30. The molecule has 0 spiro atoms. The van der Waals surface area contributed by atoms with Gasteiger partial charge < -0.3 is 25.7 Å². The van der Waals surface area contributed by atoms with Gasteiger partial charge in [0.1, 0.15) is 17.4 Å². The van der Waals surface area contributed by atoms with Crippen LogP contribution in [0.25, 0.3) is 0 Å². The highest BCUT2D eigenvalue weighted by molar-refractivity contribution is 5.24. The van der Waals surface area contributed by atoms with E-state index in [1.165, 1.54) is 18.3 Å². The molecular weight excluding hydrogens is 174 g/mol. The lowest BCUT2D eigenvalue weighted by atomic mass is 9.94. The van der Waals surface area contributed by atoms with E-state index in [9.17, 15) is 20.4 Å². The molecule has 76 valence electrons. The molecule has 1 aliphatic rings. The van der Waals surface area contributed by atoms with E-state index in [0.717, 1.165) is 0 Å². The third kappa shape index (κ3) is 1.49. The number of hydrogen-bond donors (Lipinski definition) is 5. The Kier molecular flexibility index (Phi) is 2.74. The van der Waals surface area contributed by atoms with Gasteiger partial charge in [0, 0.05) is 6.08 Å². The summed E-state index contributed by atoms with van der Waals surface area (Å²) in [7, 11) is 3.42. The number of aliphatic hydroxyl groups is 4. The molecule has 1 rings (SSSR count). The van der Waals surface area contributed by atoms with Gasteiger partial charge in [0.25, 0.3) is 0 Å². The van der Waals surface area contributed by atoms with E-state index in [1.807, 2.05) is 0 Å². The lowest BCUT2D eigenvalue weighted by molar-refractivity contribution is -0.551. The molecule has 0 aromatic carbocycles. The Labute approximate surface area is 76.3 Å². The fraction of sp³-hybridized carbons (Fsp3) is 0.625. The van der Waals surface area contributed by atoms with Crippen molar-refractivity contribution in [3.63, 3.8) is 0 Å². The van der Waals surface area contributed by atoms with Crippen molar-refractivity contribution in [2.45, 2.75) is 30.8 Å². The minimum absolute atomic E-state index is 0.330. The molecule has 0 aromatic rings. The van der Waals surface area contributed by atoms with Crippen molar-refractivity contribution >= 4 is 0 Å². The van der Waals surface area contributed by atoms with Crippen molar-refractivity contribution in [2.24, 2.45) is 0 Å². The van der Waals surface area contributed by atoms with E-state index >= 15 is 0 Å². The largest absolute Gasteiger partial charge is 0.447 e. The molecule has 0 unspecified atom stereocenters. The molecule has 0 radical (unpaired) electrons. The van der Waals surface area contributed by atoms with Gasteiger partial charge >= 0.3 is 0 Å². The van der Waals surface area contributed by atoms with Crippen LogP contribution in [0.4, 0.5) is 0 Å². The molecule has 0 amide bonds. The Balaban J connectivity index is 2.96. The zero-order valence-corrected chi connectivity index (χ0v) is 7.38. The van der Waals surface area contributed by atoms with E-state index in [1.54, 1.807) is 0 Å². The quantitative estimate of drug-likeness (QED) is 0.300. The molecular formula is C8H15NO4. The highest BCUT2D eigenvalue weighted by atomic mass is 16.4. The molecule has 0 aliphatic heterocycles. The second kappa shape index (κ2) is 3.36. The van der Waals surface area contributed by atoms with Gasteiger partial charge in [0.2, 0.25) is 0 Å². The summed E-state index contributed by atoms with van der Waals surface area (Å²) >= 11 is 0. The molecule has 5 nitrogen and oxygen atoms in total. The average Bonchev–Trinajstić information content (AvgIpc) is 2.31. The monoisotopic (exact) mass is 189 g/mol. The van der Waals surface area contributed by atoms with Gasteiger partial charge in [-0.3, -0.25) is 0 Å². The van der Waals surface area contributed by atoms with E-state index in [0.29, 0.717) is 5.70 Å². The number of rotatable bonds is 2. The summed E-state index contributed by atoms with van der Waals surface area (Å²) in [6, 6.07) is 0. The number of aliphatic hydroxyl groups excluding tert-OH is 3. The highest BCUT2D eigenvalue weighted by Crippen LogP contribution is 2.29. The Morgan fingerprint density at radius 3 is 2.38 bits per heavy atom. The maximum absolute atomic E-state index is 9.72. The highest BCUT2D eigenvalue weighted by Gasteiger charge is 2.50. The summed E-state index contributed by atoms with van der Waals surface area (Å²) in [4.78, 5) is 0. The van der Waals surface area contributed by atoms with E-state index in [-0.39, 0.29) is 0 Å². The van der Waals surface area contributed by atoms with Crippen LogP contribution < -0.4 is 5.32 Å². The summed E-state index contributed by atoms with van der Waals surface area (Å²) in [5, 5.41) is 39.1. The van der Waals surface area contributed by atoms with Gasteiger partial charge in [-0.2, -0.15) is 0 Å². The number of quaternary nitrogens is 1. The van der Waals surface area contributed by atoms with Crippen LogP contribution in [0.2, 0.25) is 0 Å². The third-order valence-corrected chi connectivity index (χ3v) is 2.42. The van der Waals surface area contributed by atoms with Gasteiger partial charge in [-0.05, 0) is 6.92 Å². The Bertz CT molecular complexity index is 228. The predicted molar refractivity (Wildman–Crippen MR) is 44.0 cm³/mol. The summed E-state index contributed by atoms with van der Waals surface area (Å²) < 4.78 is 0. The van der Waals surface area contributed by atoms with Crippen molar-refractivity contribution in [3.8, 4) is 0 Å². The van der Waals surface area contributed by atoms with Gasteiger partial charge in [-0.25, -0.2) is 0 Å². The molecule has 4 atom stereocenters. The maximum Gasteiger partial charge on any atom is 0.154 e. The molecule has 0 saturated carbocycles. The number of hydrogen-bond acceptors (Lipinski definition) is 4. The minimum atomic E-state index is -1.77. The van der Waals surface area contributed by atoms with Gasteiger partial charge in [0.15, 0.2) is 6.10 Å². The Morgan fingerprint density at radius 1 is 1.62 bits per heavy atom. The predicted octanol–water partition coefficient (Wildman–Crippen LogP) is -2.93. The zero-order valence-electron chi connectivity index (χ0n) is 7.38. The van der Waals surface area contributed by atoms with Crippen molar-refractivity contribution in [3.05, 3.63) is 18.8 Å². The molecule has 0 bridgehead atoms. The van der Waals surface area contributed by atoms with Crippen LogP contribution in [-0.2, 0) is 0 Å². The minimum Gasteiger partial charge on any atom is -0.447 e. The van der Waals surface area contributed by atoms with Crippen molar-refractivity contribution < 1.29 is 25.7 Å². The van der Waals surface area contributed by atoms with Crippen LogP contribution in [0.3, 0.4) is 0 Å². The first-order valence-electron chi connectivity index (χ1n) is 4.05. The molecule has 6 N–H and O–H groups in total. The molecule has 13 heavy (non-hydrogen) atoms. The Hall–Kier alpha value is -0.460. The lowest BCUT2D eigenvalue weighted by Gasteiger charge is -2.28. The molecule has 5 heteroatoms. The summed E-state index contributed by atoms with van der Waals surface area (Å²) in [6.07, 6.45) is -2.49. The summed E-state index contributed by atoms with van der Waals surface area (Å²) in [6.45, 7) is 1.35. The fourth-order valence-corrected chi connectivity index (χ4v) is 1.42. The Morgan fingerprint density at radius 2 is 2.15 bits per heavy atom. The molecule has 1 aliphatic carbocycles. The molecule has 0 saturated heterocycles. The van der Waals surface area contributed by atoms with Crippen LogP contribution in [0.1, 0.15) is 6.92 Å².